The Morgan fingerprint density at radius 2 is 1.77 bits per heavy atom. The molecule has 0 saturated carbocycles. The van der Waals surface area contributed by atoms with Gasteiger partial charge in [0.2, 0.25) is 0 Å². The Labute approximate surface area is 208 Å². The van der Waals surface area contributed by atoms with Gasteiger partial charge in [0.15, 0.2) is 5.82 Å². The second kappa shape index (κ2) is 8.66. The fraction of sp³-hybridized carbons (Fsp3) is 0.286. The van der Waals surface area contributed by atoms with E-state index in [1.165, 1.54) is 39.6 Å². The summed E-state index contributed by atoms with van der Waals surface area (Å²) >= 11 is 1.86. The van der Waals surface area contributed by atoms with E-state index in [0.29, 0.717) is 0 Å². The lowest BCUT2D eigenvalue weighted by molar-refractivity contribution is 0.250. The Morgan fingerprint density at radius 1 is 0.886 bits per heavy atom. The van der Waals surface area contributed by atoms with Crippen molar-refractivity contribution in [3.05, 3.63) is 77.1 Å². The van der Waals surface area contributed by atoms with E-state index in [4.69, 9.17) is 9.97 Å². The Kier molecular flexibility index (Phi) is 5.17. The lowest BCUT2D eigenvalue weighted by atomic mass is 10.1. The predicted molar refractivity (Wildman–Crippen MR) is 142 cm³/mol. The molecule has 7 rings (SSSR count). The van der Waals surface area contributed by atoms with Crippen LogP contribution < -0.4 is 4.90 Å². The number of anilines is 1. The minimum Gasteiger partial charge on any atom is -0.353 e. The summed E-state index contributed by atoms with van der Waals surface area (Å²) in [6, 6.07) is 14.7. The summed E-state index contributed by atoms with van der Waals surface area (Å²) in [5.41, 5.74) is 4.88. The zero-order valence-corrected chi connectivity index (χ0v) is 20.3. The molecule has 1 fully saturated rings. The molecular formula is C28H26N6S. The Morgan fingerprint density at radius 3 is 2.66 bits per heavy atom. The SMILES string of the molecule is c1cncc(-c2nc(N3CCN(Cc4cccc5cccnc45)CC3)c3c4c(sc3n2)CCC4)c1. The van der Waals surface area contributed by atoms with Crippen LogP contribution in [0.3, 0.4) is 0 Å². The highest BCUT2D eigenvalue weighted by atomic mass is 32.1. The quantitative estimate of drug-likeness (QED) is 0.358. The number of piperazine rings is 1. The number of hydrogen-bond donors (Lipinski definition) is 0. The normalized spacial score (nSPS) is 16.3. The van der Waals surface area contributed by atoms with Gasteiger partial charge < -0.3 is 4.90 Å². The van der Waals surface area contributed by atoms with Gasteiger partial charge in [0.1, 0.15) is 10.6 Å². The third-order valence-electron chi connectivity index (χ3n) is 7.25. The topological polar surface area (TPSA) is 58.0 Å². The number of aromatic nitrogens is 4. The van der Waals surface area contributed by atoms with Crippen molar-refractivity contribution in [2.24, 2.45) is 0 Å². The first-order valence-electron chi connectivity index (χ1n) is 12.4. The van der Waals surface area contributed by atoms with Crippen molar-refractivity contribution in [2.75, 3.05) is 31.1 Å². The van der Waals surface area contributed by atoms with Crippen LogP contribution in [0.4, 0.5) is 5.82 Å². The summed E-state index contributed by atoms with van der Waals surface area (Å²) in [4.78, 5) is 26.7. The van der Waals surface area contributed by atoms with E-state index in [-0.39, 0.29) is 0 Å². The molecule has 2 aliphatic rings. The fourth-order valence-electron chi connectivity index (χ4n) is 5.48. The van der Waals surface area contributed by atoms with E-state index in [1.807, 2.05) is 35.9 Å². The molecule has 4 aromatic heterocycles. The van der Waals surface area contributed by atoms with Gasteiger partial charge in [-0.25, -0.2) is 9.97 Å². The van der Waals surface area contributed by atoms with Gasteiger partial charge in [-0.3, -0.25) is 14.9 Å². The lowest BCUT2D eigenvalue weighted by Crippen LogP contribution is -2.46. The smallest absolute Gasteiger partial charge is 0.164 e. The molecule has 5 heterocycles. The van der Waals surface area contributed by atoms with Crippen LogP contribution in [-0.4, -0.2) is 51.0 Å². The summed E-state index contributed by atoms with van der Waals surface area (Å²) in [7, 11) is 0. The van der Waals surface area contributed by atoms with Crippen molar-refractivity contribution in [2.45, 2.75) is 25.8 Å². The van der Waals surface area contributed by atoms with E-state index in [9.17, 15) is 0 Å². The van der Waals surface area contributed by atoms with Crippen molar-refractivity contribution < 1.29 is 0 Å². The zero-order chi connectivity index (χ0) is 23.2. The third-order valence-corrected chi connectivity index (χ3v) is 8.43. The Hall–Kier alpha value is -3.42. The highest BCUT2D eigenvalue weighted by Gasteiger charge is 2.27. The Bertz CT molecular complexity index is 1520. The molecule has 0 radical (unpaired) electrons. The van der Waals surface area contributed by atoms with Crippen LogP contribution in [0.25, 0.3) is 32.5 Å². The first-order valence-corrected chi connectivity index (χ1v) is 13.2. The number of thiophene rings is 1. The number of nitrogens with zero attached hydrogens (tertiary/aromatic N) is 6. The van der Waals surface area contributed by atoms with Gasteiger partial charge in [-0.1, -0.05) is 24.3 Å². The molecule has 0 atom stereocenters. The Balaban J connectivity index is 1.19. The van der Waals surface area contributed by atoms with E-state index >= 15 is 0 Å². The highest BCUT2D eigenvalue weighted by Crippen LogP contribution is 2.41. The fourth-order valence-corrected chi connectivity index (χ4v) is 6.74. The minimum atomic E-state index is 0.782. The first kappa shape index (κ1) is 20.9. The minimum absolute atomic E-state index is 0.782. The molecule has 6 nitrogen and oxygen atoms in total. The third kappa shape index (κ3) is 3.75. The molecule has 0 unspecified atom stereocenters. The van der Waals surface area contributed by atoms with Crippen LogP contribution in [0.5, 0.6) is 0 Å². The first-order chi connectivity index (χ1) is 17.3. The number of aryl methyl sites for hydroxylation is 2. The van der Waals surface area contributed by atoms with Crippen LogP contribution in [0, 0.1) is 0 Å². The van der Waals surface area contributed by atoms with Crippen molar-refractivity contribution in [3.63, 3.8) is 0 Å². The summed E-state index contributed by atoms with van der Waals surface area (Å²) < 4.78 is 0. The molecule has 1 aliphatic carbocycles. The van der Waals surface area contributed by atoms with E-state index in [1.54, 1.807) is 6.20 Å². The monoisotopic (exact) mass is 478 g/mol. The molecule has 0 amide bonds. The van der Waals surface area contributed by atoms with Crippen molar-refractivity contribution >= 4 is 38.3 Å². The summed E-state index contributed by atoms with van der Waals surface area (Å²) in [6.45, 7) is 4.85. The highest BCUT2D eigenvalue weighted by molar-refractivity contribution is 7.19. The van der Waals surface area contributed by atoms with Crippen LogP contribution in [-0.2, 0) is 19.4 Å². The lowest BCUT2D eigenvalue weighted by Gasteiger charge is -2.36. The molecule has 35 heavy (non-hydrogen) atoms. The van der Waals surface area contributed by atoms with Gasteiger partial charge in [-0.2, -0.15) is 0 Å². The molecule has 7 heteroatoms. The van der Waals surface area contributed by atoms with Gasteiger partial charge in [0, 0.05) is 67.1 Å². The van der Waals surface area contributed by atoms with Gasteiger partial charge in [-0.15, -0.1) is 11.3 Å². The molecule has 5 aromatic rings. The number of pyridine rings is 2. The largest absolute Gasteiger partial charge is 0.353 e. The molecule has 0 N–H and O–H groups in total. The number of benzene rings is 1. The summed E-state index contributed by atoms with van der Waals surface area (Å²) in [5, 5.41) is 2.50. The van der Waals surface area contributed by atoms with Crippen molar-refractivity contribution in [1.29, 1.82) is 0 Å². The number of rotatable bonds is 4. The van der Waals surface area contributed by atoms with Crippen LogP contribution in [0.1, 0.15) is 22.4 Å². The average molecular weight is 479 g/mol. The summed E-state index contributed by atoms with van der Waals surface area (Å²) in [5.74, 6) is 1.89. The molecule has 1 aromatic carbocycles. The van der Waals surface area contributed by atoms with Crippen LogP contribution in [0.15, 0.2) is 61.1 Å². The van der Waals surface area contributed by atoms with E-state index < -0.39 is 0 Å². The summed E-state index contributed by atoms with van der Waals surface area (Å²) in [6.07, 6.45) is 9.11. The van der Waals surface area contributed by atoms with Crippen LogP contribution in [0.2, 0.25) is 0 Å². The molecule has 1 aliphatic heterocycles. The van der Waals surface area contributed by atoms with Crippen molar-refractivity contribution in [3.8, 4) is 11.4 Å². The second-order valence-electron chi connectivity index (χ2n) is 9.41. The van der Waals surface area contributed by atoms with E-state index in [0.717, 1.165) is 66.7 Å². The number of fused-ring (bicyclic) bond motifs is 4. The maximum absolute atomic E-state index is 5.15. The molecular weight excluding hydrogens is 452 g/mol. The van der Waals surface area contributed by atoms with Gasteiger partial charge in [0.05, 0.1) is 10.9 Å². The van der Waals surface area contributed by atoms with Gasteiger partial charge >= 0.3 is 0 Å². The average Bonchev–Trinajstić information content (AvgIpc) is 3.51. The maximum Gasteiger partial charge on any atom is 0.164 e. The van der Waals surface area contributed by atoms with Crippen molar-refractivity contribution in [1.82, 2.24) is 24.8 Å². The maximum atomic E-state index is 5.15. The number of para-hydroxylation sites is 1. The predicted octanol–water partition coefficient (Wildman–Crippen LogP) is 5.11. The second-order valence-corrected chi connectivity index (χ2v) is 10.5. The zero-order valence-electron chi connectivity index (χ0n) is 19.5. The van der Waals surface area contributed by atoms with Gasteiger partial charge in [-0.05, 0) is 48.6 Å². The molecule has 0 bridgehead atoms. The number of hydrogen-bond acceptors (Lipinski definition) is 7. The van der Waals surface area contributed by atoms with Crippen LogP contribution >= 0.6 is 11.3 Å². The molecule has 174 valence electrons. The van der Waals surface area contributed by atoms with E-state index in [2.05, 4.69) is 50.1 Å². The standard InChI is InChI=1S/C28H26N6S/c1-5-19-7-4-12-30-25(19)21(6-1)18-33-13-15-34(16-14-33)27-24-22-9-2-10-23(22)35-28(24)32-26(31-27)20-8-3-11-29-17-20/h1,3-8,11-12,17H,2,9-10,13-16,18H2. The molecule has 0 spiro atoms. The molecule has 1 saturated heterocycles. The van der Waals surface area contributed by atoms with Gasteiger partial charge in [0.25, 0.3) is 0 Å².